The summed E-state index contributed by atoms with van der Waals surface area (Å²) in [4.78, 5) is 0. The first-order valence-electron chi connectivity index (χ1n) is 5.38. The first-order valence-corrected chi connectivity index (χ1v) is 5.38. The van der Waals surface area contributed by atoms with Crippen molar-refractivity contribution < 1.29 is 5.11 Å². The van der Waals surface area contributed by atoms with Crippen LogP contribution in [0.5, 0.6) is 0 Å². The topological polar surface area (TPSA) is 58.3 Å². The zero-order valence-electron chi connectivity index (χ0n) is 8.50. The lowest BCUT2D eigenvalue weighted by Crippen LogP contribution is -2.45. The summed E-state index contributed by atoms with van der Waals surface area (Å²) in [6.45, 7) is 2.33. The van der Waals surface area contributed by atoms with Gasteiger partial charge in [-0.05, 0) is 25.7 Å². The maximum atomic E-state index is 9.03. The molecule has 0 bridgehead atoms. The Kier molecular flexibility index (Phi) is 4.70. The van der Waals surface area contributed by atoms with Crippen molar-refractivity contribution >= 4 is 0 Å². The minimum absolute atomic E-state index is 0.238. The molecule has 0 saturated heterocycles. The second-order valence-corrected chi connectivity index (χ2v) is 4.08. The Morgan fingerprint density at radius 2 is 2.31 bits per heavy atom. The fraction of sp³-hybridized carbons (Fsp3) is 1.00. The van der Waals surface area contributed by atoms with Gasteiger partial charge in [0.25, 0.3) is 0 Å². The molecular weight excluding hydrogens is 164 g/mol. The number of aliphatic hydroxyl groups is 1. The van der Waals surface area contributed by atoms with Crippen molar-refractivity contribution in [3.63, 3.8) is 0 Å². The highest BCUT2D eigenvalue weighted by Gasteiger charge is 2.20. The average Bonchev–Trinajstić information content (AvgIpc) is 2.14. The zero-order valence-corrected chi connectivity index (χ0v) is 8.50. The molecule has 1 rings (SSSR count). The summed E-state index contributed by atoms with van der Waals surface area (Å²) in [7, 11) is 0. The van der Waals surface area contributed by atoms with Gasteiger partial charge in [-0.3, -0.25) is 0 Å². The van der Waals surface area contributed by atoms with Gasteiger partial charge in [0.2, 0.25) is 0 Å². The number of aliphatic hydroxyl groups excluding tert-OH is 1. The zero-order chi connectivity index (χ0) is 9.68. The van der Waals surface area contributed by atoms with Gasteiger partial charge >= 0.3 is 0 Å². The summed E-state index contributed by atoms with van der Waals surface area (Å²) < 4.78 is 0. The summed E-state index contributed by atoms with van der Waals surface area (Å²) in [5.41, 5.74) is 5.88. The van der Waals surface area contributed by atoms with Crippen LogP contribution in [0.4, 0.5) is 0 Å². The first kappa shape index (κ1) is 11.0. The Bertz CT molecular complexity index is 137. The fourth-order valence-corrected chi connectivity index (χ4v) is 2.01. The molecule has 0 aliphatic heterocycles. The average molecular weight is 186 g/mol. The van der Waals surface area contributed by atoms with E-state index in [1.807, 2.05) is 0 Å². The van der Waals surface area contributed by atoms with Crippen LogP contribution in [0.15, 0.2) is 0 Å². The Labute approximate surface area is 80.7 Å². The maximum Gasteiger partial charge on any atom is 0.0584 e. The molecule has 0 aromatic heterocycles. The minimum Gasteiger partial charge on any atom is -0.395 e. The molecule has 2 unspecified atom stereocenters. The van der Waals surface area contributed by atoms with Crippen molar-refractivity contribution in [1.29, 1.82) is 0 Å². The Morgan fingerprint density at radius 1 is 1.54 bits per heavy atom. The summed E-state index contributed by atoms with van der Waals surface area (Å²) in [6.07, 6.45) is 5.65. The second-order valence-electron chi connectivity index (χ2n) is 4.08. The molecule has 1 saturated carbocycles. The lowest BCUT2D eigenvalue weighted by molar-refractivity contribution is 0.211. The summed E-state index contributed by atoms with van der Waals surface area (Å²) >= 11 is 0. The molecule has 3 atom stereocenters. The van der Waals surface area contributed by atoms with Gasteiger partial charge in [-0.1, -0.05) is 13.3 Å². The third-order valence-electron chi connectivity index (χ3n) is 2.90. The predicted octanol–water partition coefficient (Wildman–Crippen LogP) is 0.617. The number of nitrogens with two attached hydrogens (primary N) is 1. The van der Waals surface area contributed by atoms with Crippen LogP contribution in [0.25, 0.3) is 0 Å². The van der Waals surface area contributed by atoms with Crippen LogP contribution in [-0.2, 0) is 0 Å². The molecule has 0 spiro atoms. The number of nitrogens with one attached hydrogen (secondary N) is 1. The van der Waals surface area contributed by atoms with E-state index in [0.29, 0.717) is 12.1 Å². The van der Waals surface area contributed by atoms with Gasteiger partial charge in [0, 0.05) is 18.1 Å². The van der Waals surface area contributed by atoms with E-state index in [0.717, 1.165) is 19.3 Å². The lowest BCUT2D eigenvalue weighted by atomic mass is 9.91. The van der Waals surface area contributed by atoms with E-state index in [-0.39, 0.29) is 12.6 Å². The van der Waals surface area contributed by atoms with Crippen LogP contribution >= 0.6 is 0 Å². The van der Waals surface area contributed by atoms with E-state index in [1.165, 1.54) is 12.8 Å². The molecule has 13 heavy (non-hydrogen) atoms. The van der Waals surface area contributed by atoms with E-state index in [4.69, 9.17) is 10.8 Å². The molecule has 1 aliphatic rings. The van der Waals surface area contributed by atoms with Crippen molar-refractivity contribution in [2.24, 2.45) is 5.73 Å². The largest absolute Gasteiger partial charge is 0.395 e. The van der Waals surface area contributed by atoms with E-state index in [2.05, 4.69) is 12.2 Å². The lowest BCUT2D eigenvalue weighted by Gasteiger charge is -2.30. The monoisotopic (exact) mass is 186 g/mol. The van der Waals surface area contributed by atoms with Gasteiger partial charge < -0.3 is 16.2 Å². The third-order valence-corrected chi connectivity index (χ3v) is 2.90. The van der Waals surface area contributed by atoms with Crippen LogP contribution in [0.1, 0.15) is 39.0 Å². The minimum atomic E-state index is 0.238. The van der Waals surface area contributed by atoms with Crippen molar-refractivity contribution in [3.8, 4) is 0 Å². The Morgan fingerprint density at radius 3 is 2.85 bits per heavy atom. The molecule has 3 heteroatoms. The molecule has 1 aliphatic carbocycles. The van der Waals surface area contributed by atoms with Crippen LogP contribution in [0.3, 0.4) is 0 Å². The van der Waals surface area contributed by atoms with Crippen molar-refractivity contribution in [2.75, 3.05) is 6.61 Å². The molecule has 4 N–H and O–H groups in total. The molecule has 3 nitrogen and oxygen atoms in total. The molecule has 0 aromatic rings. The molecule has 0 amide bonds. The maximum absolute atomic E-state index is 9.03. The molecule has 0 radical (unpaired) electrons. The standard InChI is InChI=1S/C10H22N2O/c1-2-9(7-13)12-10-5-3-4-8(11)6-10/h8-10,12-13H,2-7,11H2,1H3/t8?,9-,10?/m1/s1. The summed E-state index contributed by atoms with van der Waals surface area (Å²) in [5.74, 6) is 0. The van der Waals surface area contributed by atoms with Crippen LogP contribution in [0.2, 0.25) is 0 Å². The van der Waals surface area contributed by atoms with E-state index < -0.39 is 0 Å². The molecule has 0 heterocycles. The highest BCUT2D eigenvalue weighted by molar-refractivity contribution is 4.82. The summed E-state index contributed by atoms with van der Waals surface area (Å²) in [6, 6.07) is 1.15. The van der Waals surface area contributed by atoms with E-state index in [9.17, 15) is 0 Å². The molecule has 1 fully saturated rings. The van der Waals surface area contributed by atoms with Gasteiger partial charge in [-0.2, -0.15) is 0 Å². The van der Waals surface area contributed by atoms with Crippen LogP contribution < -0.4 is 11.1 Å². The molecular formula is C10H22N2O. The van der Waals surface area contributed by atoms with Gasteiger partial charge in [0.1, 0.15) is 0 Å². The predicted molar refractivity (Wildman–Crippen MR) is 54.5 cm³/mol. The number of hydrogen-bond donors (Lipinski definition) is 3. The van der Waals surface area contributed by atoms with Crippen molar-refractivity contribution in [1.82, 2.24) is 5.32 Å². The van der Waals surface area contributed by atoms with Crippen LogP contribution in [-0.4, -0.2) is 29.8 Å². The first-order chi connectivity index (χ1) is 6.26. The van der Waals surface area contributed by atoms with Gasteiger partial charge in [-0.25, -0.2) is 0 Å². The normalized spacial score (nSPS) is 31.6. The van der Waals surface area contributed by atoms with E-state index in [1.54, 1.807) is 0 Å². The van der Waals surface area contributed by atoms with Crippen molar-refractivity contribution in [2.45, 2.75) is 57.2 Å². The fourth-order valence-electron chi connectivity index (χ4n) is 2.01. The van der Waals surface area contributed by atoms with Crippen LogP contribution in [0, 0.1) is 0 Å². The van der Waals surface area contributed by atoms with E-state index >= 15 is 0 Å². The number of hydrogen-bond acceptors (Lipinski definition) is 3. The van der Waals surface area contributed by atoms with Crippen molar-refractivity contribution in [3.05, 3.63) is 0 Å². The highest BCUT2D eigenvalue weighted by Crippen LogP contribution is 2.17. The number of rotatable bonds is 4. The molecule has 0 aromatic carbocycles. The highest BCUT2D eigenvalue weighted by atomic mass is 16.3. The van der Waals surface area contributed by atoms with Gasteiger partial charge in [0.05, 0.1) is 6.61 Å². The SMILES string of the molecule is CC[C@H](CO)NC1CCCC(N)C1. The second kappa shape index (κ2) is 5.58. The third kappa shape index (κ3) is 3.63. The van der Waals surface area contributed by atoms with Gasteiger partial charge in [-0.15, -0.1) is 0 Å². The molecule has 78 valence electrons. The Balaban J connectivity index is 2.26. The smallest absolute Gasteiger partial charge is 0.0584 e. The summed E-state index contributed by atoms with van der Waals surface area (Å²) in [5, 5.41) is 12.5. The quantitative estimate of drug-likeness (QED) is 0.603. The Hall–Kier alpha value is -0.120. The van der Waals surface area contributed by atoms with Gasteiger partial charge in [0.15, 0.2) is 0 Å².